The Balaban J connectivity index is 1.51. The number of likely N-dealkylation sites (N-methyl/N-ethyl adjacent to an activating group) is 1. The van der Waals surface area contributed by atoms with E-state index in [4.69, 9.17) is 0 Å². The number of fused-ring (bicyclic) bond motifs is 1. The van der Waals surface area contributed by atoms with Crippen molar-refractivity contribution in [3.8, 4) is 0 Å². The highest BCUT2D eigenvalue weighted by molar-refractivity contribution is 6.21. The minimum atomic E-state index is -0.246. The van der Waals surface area contributed by atoms with Gasteiger partial charge >= 0.3 is 0 Å². The van der Waals surface area contributed by atoms with Crippen molar-refractivity contribution in [2.45, 2.75) is 26.7 Å². The fourth-order valence-corrected chi connectivity index (χ4v) is 3.47. The first-order valence-electron chi connectivity index (χ1n) is 8.98. The van der Waals surface area contributed by atoms with E-state index in [1.54, 1.807) is 12.1 Å². The molecule has 6 nitrogen and oxygen atoms in total. The van der Waals surface area contributed by atoms with E-state index in [-0.39, 0.29) is 17.7 Å². The molecule has 0 saturated carbocycles. The van der Waals surface area contributed by atoms with E-state index in [0.29, 0.717) is 30.5 Å². The van der Waals surface area contributed by atoms with E-state index in [1.165, 1.54) is 4.90 Å². The second-order valence-corrected chi connectivity index (χ2v) is 6.73. The number of carbonyl (C=O) groups excluding carboxylic acids is 3. The molecule has 2 aliphatic rings. The van der Waals surface area contributed by atoms with Gasteiger partial charge in [-0.25, -0.2) is 0 Å². The van der Waals surface area contributed by atoms with E-state index in [1.807, 2.05) is 17.9 Å². The van der Waals surface area contributed by atoms with E-state index in [9.17, 15) is 14.4 Å². The summed E-state index contributed by atoms with van der Waals surface area (Å²) >= 11 is 0. The third-order valence-electron chi connectivity index (χ3n) is 5.07. The summed E-state index contributed by atoms with van der Waals surface area (Å²) < 4.78 is 0. The van der Waals surface area contributed by atoms with Crippen molar-refractivity contribution in [2.24, 2.45) is 0 Å². The van der Waals surface area contributed by atoms with Crippen LogP contribution < -0.4 is 0 Å². The number of nitrogens with zero attached hydrogens (tertiary/aromatic N) is 3. The fraction of sp³-hybridized carbons (Fsp3) is 0.526. The molecule has 25 heavy (non-hydrogen) atoms. The summed E-state index contributed by atoms with van der Waals surface area (Å²) in [4.78, 5) is 42.6. The van der Waals surface area contributed by atoms with Gasteiger partial charge in [0, 0.05) is 39.1 Å². The van der Waals surface area contributed by atoms with Crippen LogP contribution in [0.2, 0.25) is 0 Å². The molecule has 1 saturated heterocycles. The zero-order valence-electron chi connectivity index (χ0n) is 15.0. The van der Waals surface area contributed by atoms with Crippen molar-refractivity contribution in [3.05, 3.63) is 34.9 Å². The molecule has 0 aliphatic carbocycles. The van der Waals surface area contributed by atoms with Gasteiger partial charge in [0.2, 0.25) is 5.91 Å². The van der Waals surface area contributed by atoms with Crippen molar-refractivity contribution >= 4 is 17.7 Å². The lowest BCUT2D eigenvalue weighted by molar-refractivity contribution is -0.133. The molecule has 0 N–H and O–H groups in total. The predicted octanol–water partition coefficient (Wildman–Crippen LogP) is 1.54. The fourth-order valence-electron chi connectivity index (χ4n) is 3.47. The molecule has 0 spiro atoms. The van der Waals surface area contributed by atoms with Gasteiger partial charge in [-0.2, -0.15) is 0 Å². The van der Waals surface area contributed by atoms with Crippen molar-refractivity contribution in [1.82, 2.24) is 14.7 Å². The predicted molar refractivity (Wildman–Crippen MR) is 94.5 cm³/mol. The summed E-state index contributed by atoms with van der Waals surface area (Å²) in [6, 6.07) is 5.31. The van der Waals surface area contributed by atoms with E-state index < -0.39 is 0 Å². The van der Waals surface area contributed by atoms with Crippen molar-refractivity contribution in [3.63, 3.8) is 0 Å². The van der Waals surface area contributed by atoms with Crippen LogP contribution in [0.3, 0.4) is 0 Å². The lowest BCUT2D eigenvalue weighted by Gasteiger charge is -2.34. The van der Waals surface area contributed by atoms with Crippen LogP contribution >= 0.6 is 0 Å². The maximum Gasteiger partial charge on any atom is 0.261 e. The molecule has 2 heterocycles. The van der Waals surface area contributed by atoms with Crippen LogP contribution in [0.5, 0.6) is 0 Å². The Morgan fingerprint density at radius 3 is 2.40 bits per heavy atom. The minimum Gasteiger partial charge on any atom is -0.340 e. The Bertz CT molecular complexity index is 693. The maximum absolute atomic E-state index is 12.4. The number of hydrogen-bond donors (Lipinski definition) is 0. The smallest absolute Gasteiger partial charge is 0.261 e. The highest BCUT2D eigenvalue weighted by Crippen LogP contribution is 2.24. The highest BCUT2D eigenvalue weighted by Gasteiger charge is 2.35. The molecule has 134 valence electrons. The zero-order valence-corrected chi connectivity index (χ0v) is 15.0. The molecular weight excluding hydrogens is 318 g/mol. The second-order valence-electron chi connectivity index (χ2n) is 6.73. The number of amides is 3. The number of hydrogen-bond acceptors (Lipinski definition) is 4. The quantitative estimate of drug-likeness (QED) is 0.761. The Morgan fingerprint density at radius 1 is 1.04 bits per heavy atom. The summed E-state index contributed by atoms with van der Waals surface area (Å²) in [6.45, 7) is 8.70. The largest absolute Gasteiger partial charge is 0.340 e. The average Bonchev–Trinajstić information content (AvgIpc) is 2.86. The minimum absolute atomic E-state index is 0.114. The molecule has 1 fully saturated rings. The molecule has 1 aromatic carbocycles. The van der Waals surface area contributed by atoms with Crippen LogP contribution in [0.1, 0.15) is 46.0 Å². The SMILES string of the molecule is CCN1CCN(C(=O)CCCN2C(=O)c3ccc(C)cc3C2=O)CC1. The van der Waals surface area contributed by atoms with Gasteiger partial charge in [0.25, 0.3) is 11.8 Å². The summed E-state index contributed by atoms with van der Waals surface area (Å²) in [6.07, 6.45) is 0.885. The van der Waals surface area contributed by atoms with Gasteiger partial charge in [0.05, 0.1) is 11.1 Å². The standard InChI is InChI=1S/C19H25N3O3/c1-3-20-9-11-21(12-10-20)17(23)5-4-8-22-18(24)15-7-6-14(2)13-16(15)19(22)25/h6-7,13H,3-5,8-12H2,1-2H3. The average molecular weight is 343 g/mol. The summed E-state index contributed by atoms with van der Waals surface area (Å²) in [7, 11) is 0. The van der Waals surface area contributed by atoms with Crippen LogP contribution in [0.25, 0.3) is 0 Å². The van der Waals surface area contributed by atoms with Crippen LogP contribution in [0, 0.1) is 6.92 Å². The van der Waals surface area contributed by atoms with E-state index in [0.717, 1.165) is 38.3 Å². The second kappa shape index (κ2) is 7.35. The number of benzene rings is 1. The van der Waals surface area contributed by atoms with Crippen LogP contribution in [0.4, 0.5) is 0 Å². The van der Waals surface area contributed by atoms with Crippen LogP contribution in [0.15, 0.2) is 18.2 Å². The molecular formula is C19H25N3O3. The zero-order chi connectivity index (χ0) is 18.0. The van der Waals surface area contributed by atoms with Gasteiger partial charge in [-0.05, 0) is 32.0 Å². The Labute approximate surface area is 148 Å². The normalized spacial score (nSPS) is 18.0. The number of carbonyl (C=O) groups is 3. The van der Waals surface area contributed by atoms with Gasteiger partial charge in [-0.1, -0.05) is 18.6 Å². The number of rotatable bonds is 5. The van der Waals surface area contributed by atoms with Gasteiger partial charge in [-0.3, -0.25) is 19.3 Å². The molecule has 2 aliphatic heterocycles. The Kier molecular flexibility index (Phi) is 5.18. The molecule has 0 atom stereocenters. The number of piperazine rings is 1. The van der Waals surface area contributed by atoms with E-state index >= 15 is 0 Å². The molecule has 0 bridgehead atoms. The lowest BCUT2D eigenvalue weighted by Crippen LogP contribution is -2.48. The van der Waals surface area contributed by atoms with Crippen molar-refractivity contribution in [1.29, 1.82) is 0 Å². The monoisotopic (exact) mass is 343 g/mol. The van der Waals surface area contributed by atoms with Crippen molar-refractivity contribution in [2.75, 3.05) is 39.3 Å². The van der Waals surface area contributed by atoms with Gasteiger partial charge < -0.3 is 9.80 Å². The molecule has 3 rings (SSSR count). The first-order chi connectivity index (χ1) is 12.0. The Hall–Kier alpha value is -2.21. The summed E-state index contributed by atoms with van der Waals surface area (Å²) in [5, 5.41) is 0. The maximum atomic E-state index is 12.4. The molecule has 0 radical (unpaired) electrons. The number of imide groups is 1. The van der Waals surface area contributed by atoms with E-state index in [2.05, 4.69) is 11.8 Å². The summed E-state index contributed by atoms with van der Waals surface area (Å²) in [5.41, 5.74) is 1.91. The third kappa shape index (κ3) is 3.58. The molecule has 6 heteroatoms. The third-order valence-corrected chi connectivity index (χ3v) is 5.07. The van der Waals surface area contributed by atoms with Crippen LogP contribution in [-0.2, 0) is 4.79 Å². The van der Waals surface area contributed by atoms with Crippen LogP contribution in [-0.4, -0.2) is 71.7 Å². The number of aryl methyl sites for hydroxylation is 1. The molecule has 0 aromatic heterocycles. The van der Waals surface area contributed by atoms with Gasteiger partial charge in [0.15, 0.2) is 0 Å². The first-order valence-corrected chi connectivity index (χ1v) is 8.98. The topological polar surface area (TPSA) is 60.9 Å². The molecule has 0 unspecified atom stereocenters. The molecule has 3 amide bonds. The van der Waals surface area contributed by atoms with Gasteiger partial charge in [0.1, 0.15) is 0 Å². The van der Waals surface area contributed by atoms with Gasteiger partial charge in [-0.15, -0.1) is 0 Å². The molecule has 1 aromatic rings. The van der Waals surface area contributed by atoms with Crippen molar-refractivity contribution < 1.29 is 14.4 Å². The lowest BCUT2D eigenvalue weighted by atomic mass is 10.1. The summed E-state index contributed by atoms with van der Waals surface area (Å²) in [5.74, 6) is -0.375. The Morgan fingerprint density at radius 2 is 1.72 bits per heavy atom. The first kappa shape index (κ1) is 17.6. The highest BCUT2D eigenvalue weighted by atomic mass is 16.2.